The van der Waals surface area contributed by atoms with Crippen molar-refractivity contribution in [3.05, 3.63) is 0 Å². The minimum Gasteiger partial charge on any atom is -0.480 e. The highest BCUT2D eigenvalue weighted by atomic mass is 32.2. The summed E-state index contributed by atoms with van der Waals surface area (Å²) in [5.74, 6) is -1.55. The molecule has 2 rings (SSSR count). The Morgan fingerprint density at radius 1 is 1.22 bits per heavy atom. The van der Waals surface area contributed by atoms with Gasteiger partial charge in [0.15, 0.2) is 9.84 Å². The summed E-state index contributed by atoms with van der Waals surface area (Å²) in [6, 6.07) is -0.437. The van der Waals surface area contributed by atoms with Crippen LogP contribution in [0.4, 0.5) is 0 Å². The lowest BCUT2D eigenvalue weighted by Crippen LogP contribution is -2.55. The summed E-state index contributed by atoms with van der Waals surface area (Å²) < 4.78 is 22.9. The van der Waals surface area contributed by atoms with Gasteiger partial charge in [0, 0.05) is 6.04 Å². The number of sulfone groups is 1. The molecule has 0 radical (unpaired) electrons. The monoisotopic (exact) mass is 275 g/mol. The number of amides is 1. The maximum atomic E-state index is 12.0. The lowest BCUT2D eigenvalue weighted by molar-refractivity contribution is -0.162. The number of carboxylic acids is 1. The van der Waals surface area contributed by atoms with Crippen LogP contribution in [-0.4, -0.2) is 42.9 Å². The molecule has 2 aliphatic rings. The molecule has 18 heavy (non-hydrogen) atoms. The number of hydrogen-bond donors (Lipinski definition) is 2. The van der Waals surface area contributed by atoms with Gasteiger partial charge in [0.2, 0.25) is 5.91 Å². The number of rotatable bonds is 3. The van der Waals surface area contributed by atoms with Crippen molar-refractivity contribution in [2.75, 3.05) is 11.5 Å². The van der Waals surface area contributed by atoms with Crippen LogP contribution in [0.3, 0.4) is 0 Å². The molecule has 102 valence electrons. The van der Waals surface area contributed by atoms with Gasteiger partial charge in [0.05, 0.1) is 11.5 Å². The van der Waals surface area contributed by atoms with E-state index in [1.54, 1.807) is 0 Å². The average Bonchev–Trinajstić information content (AvgIpc) is 2.12. The molecule has 2 fully saturated rings. The first-order valence-electron chi connectivity index (χ1n) is 6.10. The van der Waals surface area contributed by atoms with Crippen LogP contribution < -0.4 is 5.32 Å². The number of aliphatic carboxylic acids is 1. The minimum atomic E-state index is -3.09. The van der Waals surface area contributed by atoms with Crippen LogP contribution in [0.5, 0.6) is 0 Å². The zero-order chi connectivity index (χ0) is 13.4. The van der Waals surface area contributed by atoms with E-state index in [9.17, 15) is 18.0 Å². The highest BCUT2D eigenvalue weighted by molar-refractivity contribution is 7.91. The molecule has 7 heteroatoms. The van der Waals surface area contributed by atoms with Gasteiger partial charge in [-0.05, 0) is 25.7 Å². The molecule has 0 aromatic carbocycles. The molecule has 1 saturated heterocycles. The fraction of sp³-hybridized carbons (Fsp3) is 0.818. The SMILES string of the molecule is O=C(O)C1(C(=O)NC2CCCS(=O)(=O)C2)CCC1. The average molecular weight is 275 g/mol. The van der Waals surface area contributed by atoms with Crippen LogP contribution in [0.1, 0.15) is 32.1 Å². The van der Waals surface area contributed by atoms with Gasteiger partial charge < -0.3 is 10.4 Å². The number of carbonyl (C=O) groups excluding carboxylic acids is 1. The maximum absolute atomic E-state index is 12.0. The Kier molecular flexibility index (Phi) is 3.35. The van der Waals surface area contributed by atoms with Crippen molar-refractivity contribution in [3.8, 4) is 0 Å². The molecule has 1 amide bonds. The van der Waals surface area contributed by atoms with Crippen LogP contribution in [0.15, 0.2) is 0 Å². The second-order valence-electron chi connectivity index (χ2n) is 5.17. The Morgan fingerprint density at radius 3 is 2.33 bits per heavy atom. The van der Waals surface area contributed by atoms with Crippen LogP contribution in [0.25, 0.3) is 0 Å². The number of nitrogens with one attached hydrogen (secondary N) is 1. The van der Waals surface area contributed by atoms with Crippen molar-refractivity contribution >= 4 is 21.7 Å². The van der Waals surface area contributed by atoms with Crippen molar-refractivity contribution < 1.29 is 23.1 Å². The van der Waals surface area contributed by atoms with Gasteiger partial charge in [-0.2, -0.15) is 0 Å². The Hall–Kier alpha value is -1.11. The lowest BCUT2D eigenvalue weighted by Gasteiger charge is -2.37. The molecule has 0 aromatic heterocycles. The first kappa shape index (κ1) is 13.3. The van der Waals surface area contributed by atoms with Gasteiger partial charge in [-0.1, -0.05) is 6.42 Å². The summed E-state index contributed by atoms with van der Waals surface area (Å²) in [5, 5.41) is 11.7. The van der Waals surface area contributed by atoms with Crippen LogP contribution >= 0.6 is 0 Å². The first-order valence-corrected chi connectivity index (χ1v) is 7.93. The molecule has 1 aliphatic heterocycles. The van der Waals surface area contributed by atoms with E-state index in [1.165, 1.54) is 0 Å². The van der Waals surface area contributed by atoms with E-state index in [-0.39, 0.29) is 11.5 Å². The van der Waals surface area contributed by atoms with Gasteiger partial charge in [0.25, 0.3) is 0 Å². The van der Waals surface area contributed by atoms with Crippen molar-refractivity contribution in [1.82, 2.24) is 5.32 Å². The number of carboxylic acid groups (broad SMARTS) is 1. The van der Waals surface area contributed by atoms with E-state index in [0.29, 0.717) is 25.7 Å². The third kappa shape index (κ3) is 2.36. The van der Waals surface area contributed by atoms with Crippen molar-refractivity contribution in [2.24, 2.45) is 5.41 Å². The predicted octanol–water partition coefficient (Wildman–Crippen LogP) is -0.0653. The molecule has 1 unspecified atom stereocenters. The fourth-order valence-corrected chi connectivity index (χ4v) is 4.16. The van der Waals surface area contributed by atoms with E-state index >= 15 is 0 Å². The minimum absolute atomic E-state index is 0.0750. The highest BCUT2D eigenvalue weighted by Crippen LogP contribution is 2.41. The van der Waals surface area contributed by atoms with Crippen molar-refractivity contribution in [1.29, 1.82) is 0 Å². The quantitative estimate of drug-likeness (QED) is 0.702. The normalized spacial score (nSPS) is 29.0. The molecular formula is C11H17NO5S. The summed E-state index contributed by atoms with van der Waals surface area (Å²) in [7, 11) is -3.09. The summed E-state index contributed by atoms with van der Waals surface area (Å²) in [6.07, 6.45) is 2.53. The molecule has 1 heterocycles. The molecule has 1 saturated carbocycles. The van der Waals surface area contributed by atoms with Gasteiger partial charge in [-0.15, -0.1) is 0 Å². The van der Waals surface area contributed by atoms with Crippen LogP contribution in [0, 0.1) is 5.41 Å². The fourth-order valence-electron chi connectivity index (χ4n) is 2.53. The summed E-state index contributed by atoms with van der Waals surface area (Å²) in [6.45, 7) is 0. The largest absolute Gasteiger partial charge is 0.480 e. The Balaban J connectivity index is 2.01. The zero-order valence-corrected chi connectivity index (χ0v) is 10.8. The second-order valence-corrected chi connectivity index (χ2v) is 7.40. The topological polar surface area (TPSA) is 101 Å². The first-order chi connectivity index (χ1) is 8.36. The van der Waals surface area contributed by atoms with E-state index < -0.39 is 33.2 Å². The van der Waals surface area contributed by atoms with E-state index in [2.05, 4.69) is 5.32 Å². The van der Waals surface area contributed by atoms with Crippen molar-refractivity contribution in [3.63, 3.8) is 0 Å². The van der Waals surface area contributed by atoms with Gasteiger partial charge in [-0.25, -0.2) is 8.42 Å². The third-order valence-electron chi connectivity index (χ3n) is 3.85. The molecule has 2 N–H and O–H groups in total. The van der Waals surface area contributed by atoms with Crippen LogP contribution in [0.2, 0.25) is 0 Å². The third-order valence-corrected chi connectivity index (χ3v) is 5.67. The summed E-state index contributed by atoms with van der Waals surface area (Å²) in [4.78, 5) is 23.1. The summed E-state index contributed by atoms with van der Waals surface area (Å²) in [5.41, 5.74) is -1.32. The molecule has 6 nitrogen and oxygen atoms in total. The summed E-state index contributed by atoms with van der Waals surface area (Å²) >= 11 is 0. The van der Waals surface area contributed by atoms with Gasteiger partial charge in [-0.3, -0.25) is 9.59 Å². The molecule has 1 aliphatic carbocycles. The molecule has 0 spiro atoms. The highest BCUT2D eigenvalue weighted by Gasteiger charge is 2.51. The molecule has 0 aromatic rings. The van der Waals surface area contributed by atoms with Gasteiger partial charge >= 0.3 is 5.97 Å². The molecular weight excluding hydrogens is 258 g/mol. The number of hydrogen-bond acceptors (Lipinski definition) is 4. The molecule has 1 atom stereocenters. The zero-order valence-electron chi connectivity index (χ0n) is 10.0. The predicted molar refractivity (Wildman–Crippen MR) is 63.7 cm³/mol. The maximum Gasteiger partial charge on any atom is 0.319 e. The standard InChI is InChI=1S/C11H17NO5S/c13-9(11(10(14)15)4-2-5-11)12-8-3-1-6-18(16,17)7-8/h8H,1-7H2,(H,12,13)(H,14,15). The van der Waals surface area contributed by atoms with Gasteiger partial charge in [0.1, 0.15) is 5.41 Å². The van der Waals surface area contributed by atoms with E-state index in [1.807, 2.05) is 0 Å². The Labute approximate surface area is 106 Å². The Morgan fingerprint density at radius 2 is 1.89 bits per heavy atom. The molecule has 0 bridgehead atoms. The van der Waals surface area contributed by atoms with E-state index in [0.717, 1.165) is 6.42 Å². The van der Waals surface area contributed by atoms with E-state index in [4.69, 9.17) is 5.11 Å². The van der Waals surface area contributed by atoms with Crippen LogP contribution in [-0.2, 0) is 19.4 Å². The lowest BCUT2D eigenvalue weighted by atomic mass is 9.68. The smallest absolute Gasteiger partial charge is 0.319 e. The second kappa shape index (κ2) is 4.53. The van der Waals surface area contributed by atoms with Crippen molar-refractivity contribution in [2.45, 2.75) is 38.1 Å². The number of carbonyl (C=O) groups is 2. The Bertz CT molecular complexity index is 466.